The van der Waals surface area contributed by atoms with Crippen molar-refractivity contribution in [3.05, 3.63) is 55.4 Å². The minimum absolute atomic E-state index is 0.0222. The van der Waals surface area contributed by atoms with Crippen molar-refractivity contribution in [1.82, 2.24) is 9.97 Å². The van der Waals surface area contributed by atoms with Gasteiger partial charge >= 0.3 is 0 Å². The van der Waals surface area contributed by atoms with Gasteiger partial charge in [-0.2, -0.15) is 0 Å². The molecule has 0 radical (unpaired) electrons. The summed E-state index contributed by atoms with van der Waals surface area (Å²) in [6.45, 7) is 0.970. The van der Waals surface area contributed by atoms with E-state index in [0.717, 1.165) is 31.0 Å². The lowest BCUT2D eigenvalue weighted by molar-refractivity contribution is 0.0444. The van der Waals surface area contributed by atoms with Crippen LogP contribution >= 0.6 is 23.2 Å². The molecule has 1 fully saturated rings. The van der Waals surface area contributed by atoms with Crippen LogP contribution in [0.3, 0.4) is 0 Å². The molecule has 1 aromatic carbocycles. The van der Waals surface area contributed by atoms with Crippen LogP contribution in [0.4, 0.5) is 5.95 Å². The van der Waals surface area contributed by atoms with Gasteiger partial charge in [0.2, 0.25) is 5.95 Å². The van der Waals surface area contributed by atoms with Gasteiger partial charge in [-0.3, -0.25) is 9.78 Å². The molecule has 2 heterocycles. The highest BCUT2D eigenvalue weighted by Gasteiger charge is 2.23. The topological polar surface area (TPSA) is 125 Å². The molecular formula is C22H28Cl2N4O4S. The van der Waals surface area contributed by atoms with Crippen LogP contribution < -0.4 is 10.9 Å². The van der Waals surface area contributed by atoms with E-state index >= 15 is 0 Å². The van der Waals surface area contributed by atoms with Gasteiger partial charge in [-0.05, 0) is 49.8 Å². The quantitative estimate of drug-likeness (QED) is 0.307. The van der Waals surface area contributed by atoms with Crippen LogP contribution in [0.2, 0.25) is 10.0 Å². The Hall–Kier alpha value is -1.94. The summed E-state index contributed by atoms with van der Waals surface area (Å²) < 4.78 is 28.7. The van der Waals surface area contributed by atoms with Crippen LogP contribution in [0.25, 0.3) is 0 Å². The second-order valence-corrected chi connectivity index (χ2v) is 11.2. The van der Waals surface area contributed by atoms with Crippen molar-refractivity contribution < 1.29 is 13.2 Å². The third kappa shape index (κ3) is 7.81. The van der Waals surface area contributed by atoms with E-state index in [4.69, 9.17) is 33.3 Å². The molecular weight excluding hydrogens is 487 g/mol. The minimum Gasteiger partial charge on any atom is -0.378 e. The first kappa shape index (κ1) is 25.7. The molecule has 3 N–H and O–H groups in total. The van der Waals surface area contributed by atoms with Crippen LogP contribution in [-0.4, -0.2) is 48.8 Å². The van der Waals surface area contributed by atoms with E-state index in [1.54, 1.807) is 12.1 Å². The van der Waals surface area contributed by atoms with Gasteiger partial charge in [0.05, 0.1) is 33.3 Å². The molecule has 11 heteroatoms. The average molecular weight is 515 g/mol. The van der Waals surface area contributed by atoms with E-state index in [0.29, 0.717) is 53.7 Å². The van der Waals surface area contributed by atoms with E-state index in [1.165, 1.54) is 0 Å². The molecule has 3 rings (SSSR count). The van der Waals surface area contributed by atoms with Crippen molar-refractivity contribution in [3.63, 3.8) is 0 Å². The molecule has 0 unspecified atom stereocenters. The Labute approximate surface area is 203 Å². The van der Waals surface area contributed by atoms with Crippen LogP contribution in [0.5, 0.6) is 0 Å². The maximum absolute atomic E-state index is 12.6. The summed E-state index contributed by atoms with van der Waals surface area (Å²) in [7, 11) is -2.87. The Morgan fingerprint density at radius 2 is 1.94 bits per heavy atom. The van der Waals surface area contributed by atoms with E-state index in [-0.39, 0.29) is 29.1 Å². The summed E-state index contributed by atoms with van der Waals surface area (Å²) in [6, 6.07) is 5.26. The summed E-state index contributed by atoms with van der Waals surface area (Å²) in [6.07, 6.45) is 5.22. The number of aromatic amines is 1. The van der Waals surface area contributed by atoms with Crippen LogP contribution in [0.1, 0.15) is 48.9 Å². The van der Waals surface area contributed by atoms with E-state index in [9.17, 15) is 13.2 Å². The summed E-state index contributed by atoms with van der Waals surface area (Å²) in [5.74, 6) is 0.701. The Morgan fingerprint density at radius 1 is 1.18 bits per heavy atom. The van der Waals surface area contributed by atoms with Crippen LogP contribution in [0, 0.1) is 5.41 Å². The van der Waals surface area contributed by atoms with Crippen LogP contribution in [0.15, 0.2) is 23.0 Å². The van der Waals surface area contributed by atoms with Gasteiger partial charge in [0.25, 0.3) is 5.56 Å². The molecule has 2 aromatic rings. The van der Waals surface area contributed by atoms with Crippen molar-refractivity contribution >= 4 is 45.2 Å². The lowest BCUT2D eigenvalue weighted by atomic mass is 10.1. The number of anilines is 1. The van der Waals surface area contributed by atoms with Gasteiger partial charge in [0.1, 0.15) is 0 Å². The molecule has 33 heavy (non-hydrogen) atoms. The number of nitrogens with zero attached hydrogens (tertiary/aromatic N) is 1. The largest absolute Gasteiger partial charge is 0.378 e. The Bertz CT molecular complexity index is 1120. The normalized spacial score (nSPS) is 15.9. The van der Waals surface area contributed by atoms with Crippen molar-refractivity contribution in [2.45, 2.75) is 51.2 Å². The third-order valence-corrected chi connectivity index (χ3v) is 8.01. The fourth-order valence-electron chi connectivity index (χ4n) is 3.66. The summed E-state index contributed by atoms with van der Waals surface area (Å²) in [5, 5.41) is 11.6. The zero-order chi connectivity index (χ0) is 23.8. The number of nitrogens with one attached hydrogen (secondary N) is 3. The third-order valence-electron chi connectivity index (χ3n) is 5.55. The number of H-pyrrole nitrogens is 1. The number of aromatic nitrogens is 2. The molecule has 0 atom stereocenters. The summed E-state index contributed by atoms with van der Waals surface area (Å²) in [4.78, 5) is 19.6. The van der Waals surface area contributed by atoms with Crippen molar-refractivity contribution in [2.75, 3.05) is 23.4 Å². The van der Waals surface area contributed by atoms with E-state index in [1.807, 2.05) is 6.07 Å². The second kappa shape index (κ2) is 12.0. The first-order valence-electron chi connectivity index (χ1n) is 10.9. The van der Waals surface area contributed by atoms with Crippen molar-refractivity contribution in [2.24, 2.45) is 0 Å². The number of ether oxygens (including phenoxy) is 1. The first-order valence-corrected chi connectivity index (χ1v) is 13.5. The molecule has 8 nitrogen and oxygen atoms in total. The monoisotopic (exact) mass is 514 g/mol. The lowest BCUT2D eigenvalue weighted by Gasteiger charge is -2.22. The SMILES string of the molecule is N=Cc1nc(NCc2ccc(Cl)c(Cl)c2)[nH]c(=O)c1CCCCCOC1CCS(=O)(=O)CC1. The maximum Gasteiger partial charge on any atom is 0.256 e. The van der Waals surface area contributed by atoms with Gasteiger partial charge in [-0.1, -0.05) is 35.7 Å². The number of unbranched alkanes of at least 4 members (excludes halogenated alkanes) is 2. The number of halogens is 2. The highest BCUT2D eigenvalue weighted by molar-refractivity contribution is 7.91. The molecule has 1 aromatic heterocycles. The van der Waals surface area contributed by atoms with E-state index in [2.05, 4.69) is 15.3 Å². The smallest absolute Gasteiger partial charge is 0.256 e. The predicted molar refractivity (Wildman–Crippen MR) is 132 cm³/mol. The molecule has 0 amide bonds. The van der Waals surface area contributed by atoms with Gasteiger partial charge < -0.3 is 15.5 Å². The molecule has 1 aliphatic heterocycles. The number of hydrogen-bond acceptors (Lipinski definition) is 7. The summed E-state index contributed by atoms with van der Waals surface area (Å²) >= 11 is 12.0. The predicted octanol–water partition coefficient (Wildman–Crippen LogP) is 3.99. The molecule has 1 aliphatic rings. The number of sulfone groups is 1. The standard InChI is InChI=1S/C22H28Cl2N4O4S/c23-18-6-5-15(12-19(18)24)14-26-22-27-20(13-25)17(21(29)28-22)4-2-1-3-9-32-16-7-10-33(30,31)11-8-16/h5-6,12-13,16,25H,1-4,7-11,14H2,(H2,26,27,28,29). The lowest BCUT2D eigenvalue weighted by Crippen LogP contribution is -2.29. The van der Waals surface area contributed by atoms with Crippen molar-refractivity contribution in [3.8, 4) is 0 Å². The summed E-state index contributed by atoms with van der Waals surface area (Å²) in [5.41, 5.74) is 1.45. The fraction of sp³-hybridized carbons (Fsp3) is 0.500. The Kier molecular flexibility index (Phi) is 9.31. The molecule has 1 saturated heterocycles. The van der Waals surface area contributed by atoms with Gasteiger partial charge in [-0.15, -0.1) is 0 Å². The molecule has 0 bridgehead atoms. The van der Waals surface area contributed by atoms with Crippen molar-refractivity contribution in [1.29, 1.82) is 5.41 Å². The van der Waals surface area contributed by atoms with E-state index < -0.39 is 9.84 Å². The van der Waals surface area contributed by atoms with Gasteiger partial charge in [0.15, 0.2) is 9.84 Å². The molecule has 0 spiro atoms. The zero-order valence-corrected chi connectivity index (χ0v) is 20.5. The number of hydrogen-bond donors (Lipinski definition) is 3. The van der Waals surface area contributed by atoms with Gasteiger partial charge in [0, 0.05) is 24.9 Å². The second-order valence-electron chi connectivity index (χ2n) is 8.06. The highest BCUT2D eigenvalue weighted by atomic mass is 35.5. The highest BCUT2D eigenvalue weighted by Crippen LogP contribution is 2.23. The molecule has 0 aliphatic carbocycles. The van der Waals surface area contributed by atoms with Crippen LogP contribution in [-0.2, 0) is 27.5 Å². The maximum atomic E-state index is 12.6. The zero-order valence-electron chi connectivity index (χ0n) is 18.2. The Balaban J connectivity index is 1.45. The Morgan fingerprint density at radius 3 is 2.64 bits per heavy atom. The average Bonchev–Trinajstić information content (AvgIpc) is 2.78. The molecule has 0 saturated carbocycles. The number of rotatable bonds is 11. The van der Waals surface area contributed by atoms with Gasteiger partial charge in [-0.25, -0.2) is 13.4 Å². The number of benzene rings is 1. The molecule has 180 valence electrons. The first-order chi connectivity index (χ1) is 15.8. The minimum atomic E-state index is -2.87. The fourth-order valence-corrected chi connectivity index (χ4v) is 5.43.